The molecule has 0 saturated heterocycles. The number of nitrogens with zero attached hydrogens (tertiary/aromatic N) is 2. The second-order valence-corrected chi connectivity index (χ2v) is 6.60. The normalized spacial score (nSPS) is 14.4. The van der Waals surface area contributed by atoms with Gasteiger partial charge in [-0.15, -0.1) is 0 Å². The third-order valence-corrected chi connectivity index (χ3v) is 4.92. The first-order valence-corrected chi connectivity index (χ1v) is 8.68. The maximum absolute atomic E-state index is 13.0. The van der Waals surface area contributed by atoms with Gasteiger partial charge < -0.3 is 10.0 Å². The molecular weight excluding hydrogens is 340 g/mol. The summed E-state index contributed by atoms with van der Waals surface area (Å²) in [6.07, 6.45) is 5.40. The molecule has 2 aromatic rings. The molecule has 5 nitrogen and oxygen atoms in total. The molecule has 0 radical (unpaired) electrons. The number of aromatic nitrogens is 1. The molecule has 1 amide bonds. The Morgan fingerprint density at radius 2 is 1.92 bits per heavy atom. The largest absolute Gasteiger partial charge is 0.478 e. The first kappa shape index (κ1) is 17.4. The molecule has 25 heavy (non-hydrogen) atoms. The monoisotopic (exact) mass is 358 g/mol. The zero-order valence-electron chi connectivity index (χ0n) is 13.7. The highest BCUT2D eigenvalue weighted by Crippen LogP contribution is 2.28. The van der Waals surface area contributed by atoms with Gasteiger partial charge in [-0.05, 0) is 36.6 Å². The van der Waals surface area contributed by atoms with Gasteiger partial charge in [0.2, 0.25) is 0 Å². The van der Waals surface area contributed by atoms with E-state index in [1.165, 1.54) is 18.3 Å². The van der Waals surface area contributed by atoms with Crippen molar-refractivity contribution in [2.45, 2.75) is 38.3 Å². The number of hydrogen-bond donors (Lipinski definition) is 1. The number of carboxylic acid groups (broad SMARTS) is 1. The third-order valence-electron chi connectivity index (χ3n) is 4.55. The van der Waals surface area contributed by atoms with E-state index in [9.17, 15) is 9.59 Å². The summed E-state index contributed by atoms with van der Waals surface area (Å²) in [5, 5.41) is 9.76. The molecule has 1 aromatic heterocycles. The molecule has 0 bridgehead atoms. The van der Waals surface area contributed by atoms with Gasteiger partial charge in [-0.1, -0.05) is 42.6 Å². The summed E-state index contributed by atoms with van der Waals surface area (Å²) in [5.74, 6) is -1.33. The van der Waals surface area contributed by atoms with Crippen molar-refractivity contribution in [2.75, 3.05) is 0 Å². The van der Waals surface area contributed by atoms with Crippen LogP contribution in [0.1, 0.15) is 52.1 Å². The van der Waals surface area contributed by atoms with Crippen LogP contribution in [-0.2, 0) is 6.54 Å². The van der Waals surface area contributed by atoms with Gasteiger partial charge in [0.25, 0.3) is 5.91 Å². The highest BCUT2D eigenvalue weighted by atomic mass is 35.5. The fourth-order valence-corrected chi connectivity index (χ4v) is 3.42. The van der Waals surface area contributed by atoms with Crippen molar-refractivity contribution in [3.8, 4) is 0 Å². The van der Waals surface area contributed by atoms with Gasteiger partial charge in [-0.3, -0.25) is 9.78 Å². The minimum atomic E-state index is -1.07. The standard InChI is InChI=1S/C19H19ClN2O3/c20-16-8-4-1-5-14(16)12-22(15-6-2-3-7-15)18(23)17-11-13(19(24)25)9-10-21-17/h1,4-5,8-11,15H,2-3,6-7,12H2,(H,24,25). The molecule has 1 aliphatic carbocycles. The lowest BCUT2D eigenvalue weighted by Gasteiger charge is -2.29. The van der Waals surface area contributed by atoms with Crippen molar-refractivity contribution in [3.05, 3.63) is 64.4 Å². The molecule has 3 rings (SSSR count). The second-order valence-electron chi connectivity index (χ2n) is 6.20. The molecule has 1 fully saturated rings. The van der Waals surface area contributed by atoms with Crippen LogP contribution in [0.2, 0.25) is 5.02 Å². The number of carbonyl (C=O) groups excluding carboxylic acids is 1. The highest BCUT2D eigenvalue weighted by molar-refractivity contribution is 6.31. The Morgan fingerprint density at radius 3 is 2.60 bits per heavy atom. The second kappa shape index (κ2) is 7.66. The Morgan fingerprint density at radius 1 is 1.20 bits per heavy atom. The fraction of sp³-hybridized carbons (Fsp3) is 0.316. The van der Waals surface area contributed by atoms with Crippen molar-refractivity contribution < 1.29 is 14.7 Å². The molecule has 1 heterocycles. The molecule has 1 aromatic carbocycles. The summed E-state index contributed by atoms with van der Waals surface area (Å²) in [7, 11) is 0. The summed E-state index contributed by atoms with van der Waals surface area (Å²) in [4.78, 5) is 30.1. The van der Waals surface area contributed by atoms with Gasteiger partial charge in [0, 0.05) is 23.8 Å². The quantitative estimate of drug-likeness (QED) is 0.876. The summed E-state index contributed by atoms with van der Waals surface area (Å²) < 4.78 is 0. The molecular formula is C19H19ClN2O3. The zero-order valence-corrected chi connectivity index (χ0v) is 14.4. The first-order chi connectivity index (χ1) is 12.1. The minimum absolute atomic E-state index is 0.0578. The summed E-state index contributed by atoms with van der Waals surface area (Å²) in [6.45, 7) is 0.391. The Balaban J connectivity index is 1.91. The van der Waals surface area contributed by atoms with Gasteiger partial charge in [0.1, 0.15) is 5.69 Å². The average Bonchev–Trinajstić information content (AvgIpc) is 3.15. The SMILES string of the molecule is O=C(O)c1ccnc(C(=O)N(Cc2ccccc2Cl)C2CCCC2)c1. The predicted molar refractivity (Wildman–Crippen MR) is 94.8 cm³/mol. The molecule has 1 aliphatic rings. The van der Waals surface area contributed by atoms with E-state index in [0.29, 0.717) is 11.6 Å². The van der Waals surface area contributed by atoms with Crippen LogP contribution in [0.4, 0.5) is 0 Å². The lowest BCUT2D eigenvalue weighted by atomic mass is 10.1. The van der Waals surface area contributed by atoms with Gasteiger partial charge in [0.15, 0.2) is 0 Å². The molecule has 0 spiro atoms. The van der Waals surface area contributed by atoms with E-state index < -0.39 is 5.97 Å². The lowest BCUT2D eigenvalue weighted by Crippen LogP contribution is -2.38. The summed E-state index contributed by atoms with van der Waals surface area (Å²) >= 11 is 6.26. The molecule has 0 aliphatic heterocycles. The van der Waals surface area contributed by atoms with E-state index in [1.54, 1.807) is 11.0 Å². The van der Waals surface area contributed by atoms with E-state index in [2.05, 4.69) is 4.98 Å². The van der Waals surface area contributed by atoms with Gasteiger partial charge in [0.05, 0.1) is 5.56 Å². The van der Waals surface area contributed by atoms with Crippen LogP contribution in [-0.4, -0.2) is 32.9 Å². The van der Waals surface area contributed by atoms with Crippen LogP contribution in [0.25, 0.3) is 0 Å². The zero-order chi connectivity index (χ0) is 17.8. The van der Waals surface area contributed by atoms with Crippen molar-refractivity contribution in [1.82, 2.24) is 9.88 Å². The van der Waals surface area contributed by atoms with E-state index in [-0.39, 0.29) is 23.2 Å². The van der Waals surface area contributed by atoms with Crippen LogP contribution >= 0.6 is 11.6 Å². The topological polar surface area (TPSA) is 70.5 Å². The van der Waals surface area contributed by atoms with Gasteiger partial charge >= 0.3 is 5.97 Å². The number of aromatic carboxylic acids is 1. The Kier molecular flexibility index (Phi) is 5.34. The van der Waals surface area contributed by atoms with Crippen molar-refractivity contribution in [1.29, 1.82) is 0 Å². The smallest absolute Gasteiger partial charge is 0.335 e. The number of amides is 1. The van der Waals surface area contributed by atoms with Crippen molar-refractivity contribution in [2.24, 2.45) is 0 Å². The highest BCUT2D eigenvalue weighted by Gasteiger charge is 2.29. The van der Waals surface area contributed by atoms with E-state index in [1.807, 2.05) is 18.2 Å². The molecule has 0 atom stereocenters. The number of rotatable bonds is 5. The van der Waals surface area contributed by atoms with Crippen molar-refractivity contribution >= 4 is 23.5 Å². The van der Waals surface area contributed by atoms with E-state index in [4.69, 9.17) is 16.7 Å². The number of pyridine rings is 1. The molecule has 0 unspecified atom stereocenters. The predicted octanol–water partition coefficient (Wildman–Crippen LogP) is 4.02. The van der Waals surface area contributed by atoms with Crippen LogP contribution in [0.15, 0.2) is 42.6 Å². The Hall–Kier alpha value is -2.40. The maximum Gasteiger partial charge on any atom is 0.335 e. The number of benzene rings is 1. The van der Waals surface area contributed by atoms with Crippen molar-refractivity contribution in [3.63, 3.8) is 0 Å². The van der Waals surface area contributed by atoms with Crippen LogP contribution in [0.5, 0.6) is 0 Å². The summed E-state index contributed by atoms with van der Waals surface area (Å²) in [6, 6.07) is 10.3. The Bertz CT molecular complexity index is 788. The number of hydrogen-bond acceptors (Lipinski definition) is 3. The van der Waals surface area contributed by atoms with Crippen LogP contribution in [0.3, 0.4) is 0 Å². The van der Waals surface area contributed by atoms with Gasteiger partial charge in [-0.25, -0.2) is 4.79 Å². The van der Waals surface area contributed by atoms with Gasteiger partial charge in [-0.2, -0.15) is 0 Å². The van der Waals surface area contributed by atoms with Crippen LogP contribution < -0.4 is 0 Å². The van der Waals surface area contributed by atoms with E-state index in [0.717, 1.165) is 31.2 Å². The fourth-order valence-electron chi connectivity index (χ4n) is 3.22. The maximum atomic E-state index is 13.0. The average molecular weight is 359 g/mol. The van der Waals surface area contributed by atoms with Crippen LogP contribution in [0, 0.1) is 0 Å². The Labute approximate surface area is 151 Å². The lowest BCUT2D eigenvalue weighted by molar-refractivity contribution is 0.0658. The molecule has 130 valence electrons. The molecule has 1 N–H and O–H groups in total. The third kappa shape index (κ3) is 3.99. The molecule has 6 heteroatoms. The minimum Gasteiger partial charge on any atom is -0.478 e. The number of halogens is 1. The first-order valence-electron chi connectivity index (χ1n) is 8.30. The number of carboxylic acids is 1. The molecule has 1 saturated carbocycles. The summed E-state index contributed by atoms with van der Waals surface area (Å²) in [5.41, 5.74) is 1.08. The number of carbonyl (C=O) groups is 2. The van der Waals surface area contributed by atoms with E-state index >= 15 is 0 Å².